The predicted octanol–water partition coefficient (Wildman–Crippen LogP) is 3.34. The fourth-order valence-electron chi connectivity index (χ4n) is 0.665. The molecule has 0 saturated carbocycles. The predicted molar refractivity (Wildman–Crippen MR) is 43.8 cm³/mol. The molecule has 0 aliphatic rings. The summed E-state index contributed by atoms with van der Waals surface area (Å²) in [7, 11) is 0. The molecule has 0 aliphatic heterocycles. The maximum absolute atomic E-state index is 12.2. The highest BCUT2D eigenvalue weighted by Crippen LogP contribution is 2.07. The number of alkyl halides is 1. The number of hydrogen-bond donors (Lipinski definition) is 0. The Kier molecular flexibility index (Phi) is 5.27. The molecule has 2 atom stereocenters. The van der Waals surface area contributed by atoms with Crippen LogP contribution in [0.25, 0.3) is 0 Å². The van der Waals surface area contributed by atoms with Crippen molar-refractivity contribution < 1.29 is 4.39 Å². The van der Waals surface area contributed by atoms with Gasteiger partial charge in [0.25, 0.3) is 0 Å². The Balaban J connectivity index is 3.33. The monoisotopic (exact) mass is 144 g/mol. The Morgan fingerprint density at radius 2 is 2.00 bits per heavy atom. The van der Waals surface area contributed by atoms with Crippen molar-refractivity contribution in [3.63, 3.8) is 0 Å². The Labute approximate surface area is 63.1 Å². The largest absolute Gasteiger partial charge is 0.243 e. The topological polar surface area (TPSA) is 0 Å². The average molecular weight is 144 g/mol. The lowest BCUT2D eigenvalue weighted by Crippen LogP contribution is -1.89. The molecular weight excluding hydrogens is 127 g/mol. The molecule has 0 fully saturated rings. The molecule has 0 heterocycles. The van der Waals surface area contributed by atoms with E-state index < -0.39 is 6.17 Å². The van der Waals surface area contributed by atoms with Crippen LogP contribution in [0.3, 0.4) is 0 Å². The minimum absolute atomic E-state index is 0.690. The maximum atomic E-state index is 12.2. The average Bonchev–Trinajstić information content (AvgIpc) is 1.87. The smallest absolute Gasteiger partial charge is 0.115 e. The summed E-state index contributed by atoms with van der Waals surface area (Å²) >= 11 is 0. The van der Waals surface area contributed by atoms with Crippen LogP contribution in [0.1, 0.15) is 33.6 Å². The van der Waals surface area contributed by atoms with Gasteiger partial charge in [-0.05, 0) is 19.3 Å². The molecule has 0 rings (SSSR count). The van der Waals surface area contributed by atoms with Gasteiger partial charge in [-0.3, -0.25) is 0 Å². The highest BCUT2D eigenvalue weighted by atomic mass is 19.1. The molecule has 0 aliphatic carbocycles. The minimum Gasteiger partial charge on any atom is -0.243 e. The van der Waals surface area contributed by atoms with Crippen molar-refractivity contribution in [1.29, 1.82) is 0 Å². The third-order valence-electron chi connectivity index (χ3n) is 1.64. The van der Waals surface area contributed by atoms with Gasteiger partial charge in [-0.15, -0.1) is 0 Å². The van der Waals surface area contributed by atoms with Gasteiger partial charge in [0.15, 0.2) is 0 Å². The van der Waals surface area contributed by atoms with Gasteiger partial charge in [0.05, 0.1) is 0 Å². The van der Waals surface area contributed by atoms with E-state index in [2.05, 4.69) is 13.8 Å². The Morgan fingerprint density at radius 3 is 2.40 bits per heavy atom. The molecule has 0 saturated heterocycles. The molecule has 0 aromatic heterocycles. The van der Waals surface area contributed by atoms with E-state index >= 15 is 0 Å². The molecule has 0 bridgehead atoms. The number of rotatable bonds is 4. The van der Waals surface area contributed by atoms with Gasteiger partial charge in [-0.1, -0.05) is 32.4 Å². The summed E-state index contributed by atoms with van der Waals surface area (Å²) in [5.41, 5.74) is 0. The molecule has 2 unspecified atom stereocenters. The van der Waals surface area contributed by atoms with E-state index in [-0.39, 0.29) is 0 Å². The highest BCUT2D eigenvalue weighted by Gasteiger charge is 1.94. The molecule has 0 amide bonds. The molecule has 0 N–H and O–H groups in total. The number of allylic oxidation sites excluding steroid dienone is 2. The second-order valence-corrected chi connectivity index (χ2v) is 2.85. The van der Waals surface area contributed by atoms with Crippen LogP contribution in [0, 0.1) is 5.92 Å². The van der Waals surface area contributed by atoms with E-state index in [9.17, 15) is 4.39 Å². The van der Waals surface area contributed by atoms with Gasteiger partial charge >= 0.3 is 0 Å². The lowest BCUT2D eigenvalue weighted by Gasteiger charge is -2.02. The molecule has 0 aromatic carbocycles. The zero-order valence-corrected chi connectivity index (χ0v) is 7.10. The third-order valence-corrected chi connectivity index (χ3v) is 1.64. The van der Waals surface area contributed by atoms with Crippen molar-refractivity contribution in [3.05, 3.63) is 12.2 Å². The van der Waals surface area contributed by atoms with Crippen LogP contribution in [0.5, 0.6) is 0 Å². The zero-order valence-electron chi connectivity index (χ0n) is 7.10. The van der Waals surface area contributed by atoms with Gasteiger partial charge in [0.2, 0.25) is 0 Å². The van der Waals surface area contributed by atoms with Crippen LogP contribution >= 0.6 is 0 Å². The molecule has 10 heavy (non-hydrogen) atoms. The molecule has 0 aromatic rings. The lowest BCUT2D eigenvalue weighted by molar-refractivity contribution is 0.428. The van der Waals surface area contributed by atoms with Gasteiger partial charge < -0.3 is 0 Å². The van der Waals surface area contributed by atoms with Crippen LogP contribution in [-0.2, 0) is 0 Å². The summed E-state index contributed by atoms with van der Waals surface area (Å²) in [5.74, 6) is 0.690. The lowest BCUT2D eigenvalue weighted by atomic mass is 10.1. The van der Waals surface area contributed by atoms with E-state index in [0.29, 0.717) is 5.92 Å². The van der Waals surface area contributed by atoms with E-state index in [4.69, 9.17) is 0 Å². The Hall–Kier alpha value is -0.330. The standard InChI is InChI=1S/C9H17F/c1-4-8(2)6-5-7-9(3)10/h5,7-9H,4,6H2,1-3H3/b7-5-. The summed E-state index contributed by atoms with van der Waals surface area (Å²) in [6.45, 7) is 5.87. The second-order valence-electron chi connectivity index (χ2n) is 2.85. The summed E-state index contributed by atoms with van der Waals surface area (Å²) in [6.07, 6.45) is 4.94. The number of hydrogen-bond acceptors (Lipinski definition) is 0. The fraction of sp³-hybridized carbons (Fsp3) is 0.778. The minimum atomic E-state index is -0.788. The summed E-state index contributed by atoms with van der Waals surface area (Å²) in [5, 5.41) is 0. The van der Waals surface area contributed by atoms with E-state index in [1.54, 1.807) is 13.0 Å². The molecule has 1 heteroatoms. The van der Waals surface area contributed by atoms with Crippen LogP contribution in [0.15, 0.2) is 12.2 Å². The first-order valence-corrected chi connectivity index (χ1v) is 3.97. The second kappa shape index (κ2) is 5.45. The van der Waals surface area contributed by atoms with Crippen molar-refractivity contribution in [2.24, 2.45) is 5.92 Å². The molecule has 60 valence electrons. The molecule has 0 nitrogen and oxygen atoms in total. The summed E-state index contributed by atoms with van der Waals surface area (Å²) < 4.78 is 12.2. The molecule has 0 radical (unpaired) electrons. The van der Waals surface area contributed by atoms with E-state index in [0.717, 1.165) is 6.42 Å². The molecule has 0 spiro atoms. The van der Waals surface area contributed by atoms with Crippen molar-refractivity contribution >= 4 is 0 Å². The summed E-state index contributed by atoms with van der Waals surface area (Å²) in [4.78, 5) is 0. The number of halogens is 1. The van der Waals surface area contributed by atoms with Crippen molar-refractivity contribution in [3.8, 4) is 0 Å². The van der Waals surface area contributed by atoms with Gasteiger partial charge in [-0.25, -0.2) is 4.39 Å². The van der Waals surface area contributed by atoms with Gasteiger partial charge in [0.1, 0.15) is 6.17 Å². The van der Waals surface area contributed by atoms with E-state index in [1.165, 1.54) is 6.42 Å². The maximum Gasteiger partial charge on any atom is 0.115 e. The third kappa shape index (κ3) is 5.80. The first kappa shape index (κ1) is 9.67. The first-order valence-electron chi connectivity index (χ1n) is 3.97. The van der Waals surface area contributed by atoms with Crippen LogP contribution < -0.4 is 0 Å². The quantitative estimate of drug-likeness (QED) is 0.531. The Morgan fingerprint density at radius 1 is 1.40 bits per heavy atom. The first-order chi connectivity index (χ1) is 4.66. The van der Waals surface area contributed by atoms with E-state index in [1.807, 2.05) is 6.08 Å². The normalized spacial score (nSPS) is 17.6. The SMILES string of the molecule is CCC(C)C/C=C\C(C)F. The highest BCUT2D eigenvalue weighted by molar-refractivity contribution is 4.87. The van der Waals surface area contributed by atoms with Gasteiger partial charge in [-0.2, -0.15) is 0 Å². The van der Waals surface area contributed by atoms with Crippen molar-refractivity contribution in [2.75, 3.05) is 0 Å². The van der Waals surface area contributed by atoms with Crippen molar-refractivity contribution in [1.82, 2.24) is 0 Å². The Bertz CT molecular complexity index is 94.9. The fourth-order valence-corrected chi connectivity index (χ4v) is 0.665. The van der Waals surface area contributed by atoms with Crippen LogP contribution in [-0.4, -0.2) is 6.17 Å². The van der Waals surface area contributed by atoms with Gasteiger partial charge in [0, 0.05) is 0 Å². The van der Waals surface area contributed by atoms with Crippen LogP contribution in [0.2, 0.25) is 0 Å². The van der Waals surface area contributed by atoms with Crippen molar-refractivity contribution in [2.45, 2.75) is 39.8 Å². The zero-order chi connectivity index (χ0) is 7.98. The van der Waals surface area contributed by atoms with Crippen LogP contribution in [0.4, 0.5) is 4.39 Å². The summed E-state index contributed by atoms with van der Waals surface area (Å²) in [6, 6.07) is 0. The molecular formula is C9H17F.